The van der Waals surface area contributed by atoms with Gasteiger partial charge in [-0.3, -0.25) is 15.1 Å². The van der Waals surface area contributed by atoms with Crippen LogP contribution in [-0.2, 0) is 0 Å². The summed E-state index contributed by atoms with van der Waals surface area (Å²) in [5, 5.41) is 13.5. The van der Waals surface area contributed by atoms with Crippen molar-refractivity contribution in [1.29, 1.82) is 0 Å². The standard InChI is InChI=1S/C14H20N4O3/c1-2-4-11-5-3-8-17(10-11)14(19)16-12-6-7-15-9-13(12)18(20)21/h6-7,9,11H,2-5,8,10H2,1H3,(H,15,16,19)/t11-/m0/s1. The molecule has 0 radical (unpaired) electrons. The van der Waals surface area contributed by atoms with Crippen molar-refractivity contribution in [2.75, 3.05) is 18.4 Å². The van der Waals surface area contributed by atoms with Crippen LogP contribution < -0.4 is 5.32 Å². The summed E-state index contributed by atoms with van der Waals surface area (Å²) in [5.41, 5.74) is 0.00517. The zero-order chi connectivity index (χ0) is 15.2. The number of aromatic nitrogens is 1. The second-order valence-electron chi connectivity index (χ2n) is 5.32. The molecule has 1 atom stereocenters. The fourth-order valence-electron chi connectivity index (χ4n) is 2.72. The third-order valence-electron chi connectivity index (χ3n) is 3.74. The Morgan fingerprint density at radius 2 is 2.43 bits per heavy atom. The van der Waals surface area contributed by atoms with Crippen LogP contribution in [0.3, 0.4) is 0 Å². The predicted molar refractivity (Wildman–Crippen MR) is 79.1 cm³/mol. The molecule has 7 heteroatoms. The van der Waals surface area contributed by atoms with Crippen molar-refractivity contribution in [3.8, 4) is 0 Å². The van der Waals surface area contributed by atoms with E-state index in [0.717, 1.165) is 38.4 Å². The third kappa shape index (κ3) is 3.90. The molecule has 0 saturated carbocycles. The maximum absolute atomic E-state index is 12.3. The number of rotatable bonds is 4. The summed E-state index contributed by atoms with van der Waals surface area (Å²) in [6.07, 6.45) is 6.92. The molecule has 2 heterocycles. The van der Waals surface area contributed by atoms with Crippen molar-refractivity contribution in [2.24, 2.45) is 5.92 Å². The minimum Gasteiger partial charge on any atom is -0.324 e. The second kappa shape index (κ2) is 7.01. The van der Waals surface area contributed by atoms with Crippen molar-refractivity contribution in [3.63, 3.8) is 0 Å². The van der Waals surface area contributed by atoms with Crippen LogP contribution in [0, 0.1) is 16.0 Å². The molecule has 7 nitrogen and oxygen atoms in total. The molecule has 0 spiro atoms. The smallest absolute Gasteiger partial charge is 0.322 e. The van der Waals surface area contributed by atoms with E-state index in [1.54, 1.807) is 4.90 Å². The molecule has 1 fully saturated rings. The first kappa shape index (κ1) is 15.2. The van der Waals surface area contributed by atoms with Crippen molar-refractivity contribution in [1.82, 2.24) is 9.88 Å². The molecule has 0 bridgehead atoms. The number of anilines is 1. The summed E-state index contributed by atoms with van der Waals surface area (Å²) in [7, 11) is 0. The lowest BCUT2D eigenvalue weighted by Gasteiger charge is -2.32. The average molecular weight is 292 g/mol. The molecule has 2 rings (SSSR count). The first-order chi connectivity index (χ1) is 10.1. The Bertz CT molecular complexity index is 519. The largest absolute Gasteiger partial charge is 0.324 e. The number of likely N-dealkylation sites (tertiary alicyclic amines) is 1. The number of urea groups is 1. The lowest BCUT2D eigenvalue weighted by Crippen LogP contribution is -2.42. The number of nitrogens with one attached hydrogen (secondary N) is 1. The van der Waals surface area contributed by atoms with E-state index < -0.39 is 4.92 Å². The molecule has 1 saturated heterocycles. The van der Waals surface area contributed by atoms with Crippen LogP contribution >= 0.6 is 0 Å². The van der Waals surface area contributed by atoms with Crippen LogP contribution in [0.15, 0.2) is 18.5 Å². The van der Waals surface area contributed by atoms with Gasteiger partial charge in [0.2, 0.25) is 0 Å². The van der Waals surface area contributed by atoms with E-state index >= 15 is 0 Å². The Morgan fingerprint density at radius 1 is 1.62 bits per heavy atom. The van der Waals surface area contributed by atoms with Crippen LogP contribution in [0.4, 0.5) is 16.2 Å². The topological polar surface area (TPSA) is 88.4 Å². The van der Waals surface area contributed by atoms with E-state index in [9.17, 15) is 14.9 Å². The number of amides is 2. The van der Waals surface area contributed by atoms with Gasteiger partial charge in [-0.2, -0.15) is 0 Å². The van der Waals surface area contributed by atoms with Gasteiger partial charge in [0, 0.05) is 19.3 Å². The number of nitrogens with zero attached hydrogens (tertiary/aromatic N) is 3. The summed E-state index contributed by atoms with van der Waals surface area (Å²) >= 11 is 0. The number of carbonyl (C=O) groups excluding carboxylic acids is 1. The Kier molecular flexibility index (Phi) is 5.08. The maximum Gasteiger partial charge on any atom is 0.322 e. The lowest BCUT2D eigenvalue weighted by atomic mass is 9.94. The lowest BCUT2D eigenvalue weighted by molar-refractivity contribution is -0.384. The first-order valence-corrected chi connectivity index (χ1v) is 7.26. The van der Waals surface area contributed by atoms with Gasteiger partial charge < -0.3 is 10.2 Å². The number of hydrogen-bond acceptors (Lipinski definition) is 4. The molecule has 1 aliphatic heterocycles. The minimum absolute atomic E-state index is 0.187. The van der Waals surface area contributed by atoms with Gasteiger partial charge >= 0.3 is 11.7 Å². The van der Waals surface area contributed by atoms with Crippen LogP contribution in [0.25, 0.3) is 0 Å². The van der Waals surface area contributed by atoms with Gasteiger partial charge in [-0.15, -0.1) is 0 Å². The van der Waals surface area contributed by atoms with Gasteiger partial charge in [0.15, 0.2) is 0 Å². The maximum atomic E-state index is 12.3. The molecule has 0 aromatic carbocycles. The molecule has 1 N–H and O–H groups in total. The van der Waals surface area contributed by atoms with Crippen molar-refractivity contribution in [3.05, 3.63) is 28.6 Å². The Labute approximate surface area is 123 Å². The fourth-order valence-corrected chi connectivity index (χ4v) is 2.72. The molecule has 21 heavy (non-hydrogen) atoms. The van der Waals surface area contributed by atoms with Crippen LogP contribution in [-0.4, -0.2) is 33.9 Å². The highest BCUT2D eigenvalue weighted by molar-refractivity contribution is 5.91. The average Bonchev–Trinajstić information content (AvgIpc) is 2.48. The van der Waals surface area contributed by atoms with E-state index in [2.05, 4.69) is 17.2 Å². The molecule has 1 aromatic rings. The number of pyridine rings is 1. The molecular weight excluding hydrogens is 272 g/mol. The van der Waals surface area contributed by atoms with Crippen LogP contribution in [0.2, 0.25) is 0 Å². The quantitative estimate of drug-likeness (QED) is 0.682. The van der Waals surface area contributed by atoms with Gasteiger partial charge in [0.05, 0.1) is 4.92 Å². The Balaban J connectivity index is 2.03. The fraction of sp³-hybridized carbons (Fsp3) is 0.571. The number of hydrogen-bond donors (Lipinski definition) is 1. The first-order valence-electron chi connectivity index (χ1n) is 7.26. The van der Waals surface area contributed by atoms with E-state index in [4.69, 9.17) is 0 Å². The van der Waals surface area contributed by atoms with Gasteiger partial charge in [-0.25, -0.2) is 4.79 Å². The predicted octanol–water partition coefficient (Wildman–Crippen LogP) is 3.03. The second-order valence-corrected chi connectivity index (χ2v) is 5.32. The molecule has 114 valence electrons. The number of nitro groups is 1. The summed E-state index contributed by atoms with van der Waals surface area (Å²) in [6, 6.07) is 1.17. The molecule has 1 aromatic heterocycles. The molecule has 1 aliphatic rings. The van der Waals surface area contributed by atoms with Crippen LogP contribution in [0.1, 0.15) is 32.6 Å². The third-order valence-corrected chi connectivity index (χ3v) is 3.74. The molecular formula is C14H20N4O3. The monoisotopic (exact) mass is 292 g/mol. The van der Waals surface area contributed by atoms with Crippen molar-refractivity contribution >= 4 is 17.4 Å². The van der Waals surface area contributed by atoms with E-state index in [1.165, 1.54) is 12.3 Å². The van der Waals surface area contributed by atoms with Crippen LogP contribution in [0.5, 0.6) is 0 Å². The van der Waals surface area contributed by atoms with E-state index in [0.29, 0.717) is 12.5 Å². The number of piperidine rings is 1. The highest BCUT2D eigenvalue weighted by Gasteiger charge is 2.24. The normalized spacial score (nSPS) is 18.3. The molecule has 0 aliphatic carbocycles. The van der Waals surface area contributed by atoms with Crippen molar-refractivity contribution in [2.45, 2.75) is 32.6 Å². The van der Waals surface area contributed by atoms with Gasteiger partial charge in [0.25, 0.3) is 0 Å². The van der Waals surface area contributed by atoms with Gasteiger partial charge in [-0.05, 0) is 31.2 Å². The van der Waals surface area contributed by atoms with Gasteiger partial charge in [0.1, 0.15) is 11.9 Å². The van der Waals surface area contributed by atoms with E-state index in [1.807, 2.05) is 0 Å². The van der Waals surface area contributed by atoms with E-state index in [-0.39, 0.29) is 17.4 Å². The SMILES string of the molecule is CCC[C@H]1CCCN(C(=O)Nc2ccncc2[N+](=O)[O-])C1. The Morgan fingerprint density at radius 3 is 3.14 bits per heavy atom. The van der Waals surface area contributed by atoms with Gasteiger partial charge in [-0.1, -0.05) is 13.3 Å². The minimum atomic E-state index is -0.543. The summed E-state index contributed by atoms with van der Waals surface area (Å²) in [5.74, 6) is 0.530. The summed E-state index contributed by atoms with van der Waals surface area (Å²) < 4.78 is 0. The summed E-state index contributed by atoms with van der Waals surface area (Å²) in [6.45, 7) is 3.56. The Hall–Kier alpha value is -2.18. The zero-order valence-corrected chi connectivity index (χ0v) is 12.1. The van der Waals surface area contributed by atoms with Crippen molar-refractivity contribution < 1.29 is 9.72 Å². The highest BCUT2D eigenvalue weighted by Crippen LogP contribution is 2.24. The highest BCUT2D eigenvalue weighted by atomic mass is 16.6. The molecule has 2 amide bonds. The number of carbonyl (C=O) groups is 1. The zero-order valence-electron chi connectivity index (χ0n) is 12.1. The summed E-state index contributed by atoms with van der Waals surface area (Å²) in [4.78, 5) is 28.1. The molecule has 0 unspecified atom stereocenters.